The summed E-state index contributed by atoms with van der Waals surface area (Å²) in [6.45, 7) is 5.25. The quantitative estimate of drug-likeness (QED) is 0.842. The van der Waals surface area contributed by atoms with Gasteiger partial charge in [0.1, 0.15) is 0 Å². The molecule has 0 atom stereocenters. The number of hydrogen-bond donors (Lipinski definition) is 2. The van der Waals surface area contributed by atoms with Crippen LogP contribution in [0.4, 0.5) is 0 Å². The van der Waals surface area contributed by atoms with Crippen molar-refractivity contribution in [3.8, 4) is 0 Å². The number of piperidine rings is 1. The van der Waals surface area contributed by atoms with E-state index in [4.69, 9.17) is 10.7 Å². The Morgan fingerprint density at radius 3 is 2.88 bits per heavy atom. The van der Waals surface area contributed by atoms with E-state index in [-0.39, 0.29) is 0 Å². The highest BCUT2D eigenvalue weighted by Crippen LogP contribution is 2.30. The first-order valence-electron chi connectivity index (χ1n) is 6.18. The van der Waals surface area contributed by atoms with Crippen LogP contribution in [0.2, 0.25) is 0 Å². The van der Waals surface area contributed by atoms with Gasteiger partial charge in [-0.2, -0.15) is 0 Å². The molecule has 0 aromatic carbocycles. The van der Waals surface area contributed by atoms with Crippen LogP contribution in [0.15, 0.2) is 0 Å². The van der Waals surface area contributed by atoms with Gasteiger partial charge < -0.3 is 11.1 Å². The molecule has 0 amide bonds. The lowest BCUT2D eigenvalue weighted by atomic mass is 9.94. The van der Waals surface area contributed by atoms with E-state index in [1.807, 2.05) is 11.3 Å². The Morgan fingerprint density at radius 1 is 1.44 bits per heavy atom. The summed E-state index contributed by atoms with van der Waals surface area (Å²) in [4.78, 5) is 6.22. The van der Waals surface area contributed by atoms with E-state index in [0.717, 1.165) is 32.5 Å². The third-order valence-corrected chi connectivity index (χ3v) is 4.24. The van der Waals surface area contributed by atoms with Gasteiger partial charge in [-0.3, -0.25) is 0 Å². The molecule has 1 aliphatic rings. The van der Waals surface area contributed by atoms with E-state index in [2.05, 4.69) is 12.2 Å². The molecule has 0 radical (unpaired) electrons. The van der Waals surface area contributed by atoms with E-state index in [1.165, 1.54) is 28.4 Å². The lowest BCUT2D eigenvalue weighted by molar-refractivity contribution is 0.453. The number of aromatic nitrogens is 1. The number of hydrogen-bond acceptors (Lipinski definition) is 4. The molecule has 0 saturated carbocycles. The van der Waals surface area contributed by atoms with Gasteiger partial charge in [-0.15, -0.1) is 11.3 Å². The van der Waals surface area contributed by atoms with Crippen LogP contribution in [-0.4, -0.2) is 24.6 Å². The first-order chi connectivity index (χ1) is 7.81. The lowest BCUT2D eigenvalue weighted by Crippen LogP contribution is -2.27. The van der Waals surface area contributed by atoms with Gasteiger partial charge in [0.25, 0.3) is 0 Å². The average Bonchev–Trinajstić information content (AvgIpc) is 2.69. The molecular weight excluding hydrogens is 218 g/mol. The van der Waals surface area contributed by atoms with Crippen molar-refractivity contribution in [2.75, 3.05) is 19.6 Å². The molecule has 3 nitrogen and oxygen atoms in total. The predicted molar refractivity (Wildman–Crippen MR) is 69.1 cm³/mol. The first-order valence-corrected chi connectivity index (χ1v) is 7.00. The minimum Gasteiger partial charge on any atom is -0.330 e. The highest BCUT2D eigenvalue weighted by molar-refractivity contribution is 7.11. The molecule has 16 heavy (non-hydrogen) atoms. The monoisotopic (exact) mass is 239 g/mol. The van der Waals surface area contributed by atoms with Crippen LogP contribution in [0.1, 0.15) is 40.8 Å². The van der Waals surface area contributed by atoms with Crippen LogP contribution in [0.3, 0.4) is 0 Å². The Hall–Kier alpha value is -0.450. The maximum absolute atomic E-state index is 5.53. The summed E-state index contributed by atoms with van der Waals surface area (Å²) >= 11 is 1.86. The Morgan fingerprint density at radius 2 is 2.19 bits per heavy atom. The second kappa shape index (κ2) is 5.75. The van der Waals surface area contributed by atoms with Gasteiger partial charge in [0, 0.05) is 17.2 Å². The van der Waals surface area contributed by atoms with Crippen LogP contribution in [0.25, 0.3) is 0 Å². The summed E-state index contributed by atoms with van der Waals surface area (Å²) in [5.74, 6) is 0.684. The smallest absolute Gasteiger partial charge is 0.0931 e. The zero-order valence-electron chi connectivity index (χ0n) is 9.96. The van der Waals surface area contributed by atoms with Crippen molar-refractivity contribution in [1.82, 2.24) is 10.3 Å². The van der Waals surface area contributed by atoms with Crippen molar-refractivity contribution in [2.24, 2.45) is 5.73 Å². The van der Waals surface area contributed by atoms with Gasteiger partial charge in [0.2, 0.25) is 0 Å². The molecule has 0 spiro atoms. The fourth-order valence-electron chi connectivity index (χ4n) is 2.30. The van der Waals surface area contributed by atoms with E-state index in [9.17, 15) is 0 Å². The van der Waals surface area contributed by atoms with E-state index < -0.39 is 0 Å². The average molecular weight is 239 g/mol. The van der Waals surface area contributed by atoms with Gasteiger partial charge >= 0.3 is 0 Å². The molecule has 1 saturated heterocycles. The number of nitrogens with zero attached hydrogens (tertiary/aromatic N) is 1. The summed E-state index contributed by atoms with van der Waals surface area (Å²) in [6, 6.07) is 0. The second-order valence-electron chi connectivity index (χ2n) is 4.47. The zero-order chi connectivity index (χ0) is 11.4. The van der Waals surface area contributed by atoms with Crippen LogP contribution in [0, 0.1) is 6.92 Å². The molecule has 1 fully saturated rings. The van der Waals surface area contributed by atoms with Crippen LogP contribution >= 0.6 is 11.3 Å². The van der Waals surface area contributed by atoms with Gasteiger partial charge in [-0.1, -0.05) is 0 Å². The van der Waals surface area contributed by atoms with E-state index in [0.29, 0.717) is 5.92 Å². The molecular formula is C12H21N3S. The normalized spacial score (nSPS) is 17.9. The van der Waals surface area contributed by atoms with Crippen molar-refractivity contribution < 1.29 is 0 Å². The molecule has 2 rings (SSSR count). The largest absolute Gasteiger partial charge is 0.330 e. The Balaban J connectivity index is 2.04. The zero-order valence-corrected chi connectivity index (χ0v) is 10.8. The summed E-state index contributed by atoms with van der Waals surface area (Å²) in [7, 11) is 0. The van der Waals surface area contributed by atoms with Crippen molar-refractivity contribution in [2.45, 2.75) is 38.5 Å². The topological polar surface area (TPSA) is 50.9 Å². The van der Waals surface area contributed by atoms with Gasteiger partial charge in [-0.25, -0.2) is 4.98 Å². The molecule has 1 aromatic heterocycles. The highest BCUT2D eigenvalue weighted by Gasteiger charge is 2.20. The number of nitrogens with one attached hydrogen (secondary N) is 1. The maximum atomic E-state index is 5.53. The summed E-state index contributed by atoms with van der Waals surface area (Å²) < 4.78 is 0. The summed E-state index contributed by atoms with van der Waals surface area (Å²) in [5, 5.41) is 4.68. The first kappa shape index (κ1) is 12.0. The molecule has 3 N–H and O–H groups in total. The minimum absolute atomic E-state index is 0.684. The van der Waals surface area contributed by atoms with Crippen molar-refractivity contribution in [1.29, 1.82) is 0 Å². The van der Waals surface area contributed by atoms with Crippen molar-refractivity contribution >= 4 is 11.3 Å². The SMILES string of the molecule is Cc1sc(CCCN)nc1C1CCNCC1. The highest BCUT2D eigenvalue weighted by atomic mass is 32.1. The molecule has 0 aliphatic carbocycles. The second-order valence-corrected chi connectivity index (χ2v) is 5.75. The predicted octanol–water partition coefficient (Wildman–Crippen LogP) is 1.81. The summed E-state index contributed by atoms with van der Waals surface area (Å²) in [5.41, 5.74) is 6.89. The molecule has 1 aromatic rings. The van der Waals surface area contributed by atoms with Crippen LogP contribution < -0.4 is 11.1 Å². The van der Waals surface area contributed by atoms with Crippen molar-refractivity contribution in [3.63, 3.8) is 0 Å². The summed E-state index contributed by atoms with van der Waals surface area (Å²) in [6.07, 6.45) is 4.58. The fourth-order valence-corrected chi connectivity index (χ4v) is 3.36. The Bertz CT molecular complexity index is 329. The Kier molecular flexibility index (Phi) is 4.32. The van der Waals surface area contributed by atoms with Gasteiger partial charge in [-0.05, 0) is 45.8 Å². The standard InChI is InChI=1S/C12H21N3S/c1-9-12(10-4-7-14-8-5-10)15-11(16-9)3-2-6-13/h10,14H,2-8,13H2,1H3. The van der Waals surface area contributed by atoms with Crippen molar-refractivity contribution in [3.05, 3.63) is 15.6 Å². The molecule has 2 heterocycles. The lowest BCUT2D eigenvalue weighted by Gasteiger charge is -2.21. The fraction of sp³-hybridized carbons (Fsp3) is 0.750. The number of thiazole rings is 1. The molecule has 90 valence electrons. The van der Waals surface area contributed by atoms with Gasteiger partial charge in [0.05, 0.1) is 10.7 Å². The number of aryl methyl sites for hydroxylation is 2. The van der Waals surface area contributed by atoms with E-state index >= 15 is 0 Å². The Labute approximate surface area is 101 Å². The molecule has 4 heteroatoms. The minimum atomic E-state index is 0.684. The number of nitrogens with two attached hydrogens (primary N) is 1. The molecule has 0 unspecified atom stereocenters. The number of rotatable bonds is 4. The van der Waals surface area contributed by atoms with Crippen LogP contribution in [-0.2, 0) is 6.42 Å². The third kappa shape index (κ3) is 2.81. The molecule has 0 bridgehead atoms. The molecule has 1 aliphatic heterocycles. The maximum Gasteiger partial charge on any atom is 0.0931 e. The van der Waals surface area contributed by atoms with E-state index in [1.54, 1.807) is 0 Å². The third-order valence-electron chi connectivity index (χ3n) is 3.20. The van der Waals surface area contributed by atoms with Gasteiger partial charge in [0.15, 0.2) is 0 Å². The van der Waals surface area contributed by atoms with Crippen LogP contribution in [0.5, 0.6) is 0 Å².